The van der Waals surface area contributed by atoms with Crippen molar-refractivity contribution < 1.29 is 9.67 Å². The predicted molar refractivity (Wildman–Crippen MR) is 75.0 cm³/mol. The molecule has 0 fully saturated rings. The molecule has 0 bridgehead atoms. The lowest BCUT2D eigenvalue weighted by atomic mass is 10.2. The monoisotopic (exact) mass is 269 g/mol. The van der Waals surface area contributed by atoms with Crippen molar-refractivity contribution in [2.24, 2.45) is 0 Å². The van der Waals surface area contributed by atoms with Gasteiger partial charge in [0.25, 0.3) is 0 Å². The molecule has 1 N–H and O–H groups in total. The Morgan fingerprint density at radius 1 is 1.11 bits per heavy atom. The lowest BCUT2D eigenvalue weighted by Crippen LogP contribution is -2.33. The Labute approximate surface area is 115 Å². The molecule has 2 aromatic heterocycles. The second-order valence-corrected chi connectivity index (χ2v) is 5.10. The second kappa shape index (κ2) is 5.20. The molecule has 0 amide bonds. The normalized spacial score (nSPS) is 10.5. The fraction of sp³-hybridized carbons (Fsp3) is 0.0667. The highest BCUT2D eigenvalue weighted by Crippen LogP contribution is 2.23. The zero-order valence-corrected chi connectivity index (χ0v) is 11.0. The number of hydrogen-bond acceptors (Lipinski definition) is 3. The van der Waals surface area contributed by atoms with Gasteiger partial charge in [-0.1, -0.05) is 30.3 Å². The molecule has 0 radical (unpaired) electrons. The first kappa shape index (κ1) is 11.9. The van der Waals surface area contributed by atoms with Gasteiger partial charge < -0.3 is 5.11 Å². The molecule has 3 nitrogen and oxygen atoms in total. The van der Waals surface area contributed by atoms with Crippen LogP contribution in [0, 0.1) is 0 Å². The van der Waals surface area contributed by atoms with Crippen molar-refractivity contribution in [3.8, 4) is 16.3 Å². The quantitative estimate of drug-likeness (QED) is 0.742. The van der Waals surface area contributed by atoms with Gasteiger partial charge in [0.2, 0.25) is 6.20 Å². The van der Waals surface area contributed by atoms with E-state index in [4.69, 9.17) is 0 Å². The highest BCUT2D eigenvalue weighted by molar-refractivity contribution is 7.13. The van der Waals surface area contributed by atoms with Gasteiger partial charge in [0.1, 0.15) is 10.7 Å². The van der Waals surface area contributed by atoms with Crippen LogP contribution in [0.25, 0.3) is 10.6 Å². The number of rotatable bonds is 3. The van der Waals surface area contributed by atoms with Gasteiger partial charge in [-0.05, 0) is 6.07 Å². The largest absolute Gasteiger partial charge is 0.503 e. The summed E-state index contributed by atoms with van der Waals surface area (Å²) in [6.45, 7) is 0.664. The van der Waals surface area contributed by atoms with Crippen molar-refractivity contribution in [1.29, 1.82) is 0 Å². The highest BCUT2D eigenvalue weighted by Gasteiger charge is 2.09. The lowest BCUT2D eigenvalue weighted by molar-refractivity contribution is -0.689. The van der Waals surface area contributed by atoms with Gasteiger partial charge >= 0.3 is 0 Å². The van der Waals surface area contributed by atoms with E-state index in [1.807, 2.05) is 35.0 Å². The molecule has 3 rings (SSSR count). The maximum Gasteiger partial charge on any atom is 0.211 e. The summed E-state index contributed by atoms with van der Waals surface area (Å²) in [5, 5.41) is 12.5. The Kier molecular flexibility index (Phi) is 3.25. The molecule has 0 spiro atoms. The fourth-order valence-corrected chi connectivity index (χ4v) is 2.70. The van der Waals surface area contributed by atoms with Crippen LogP contribution in [0.4, 0.5) is 0 Å². The Bertz CT molecular complexity index is 679. The molecule has 3 aromatic rings. The minimum absolute atomic E-state index is 0.265. The van der Waals surface area contributed by atoms with Crippen molar-refractivity contribution in [2.45, 2.75) is 6.54 Å². The van der Waals surface area contributed by atoms with Crippen LogP contribution in [0.5, 0.6) is 5.75 Å². The number of aromatic hydroxyl groups is 1. The van der Waals surface area contributed by atoms with Crippen LogP contribution in [0.15, 0.2) is 60.2 Å². The predicted octanol–water partition coefficient (Wildman–Crippen LogP) is 2.85. The first-order chi connectivity index (χ1) is 9.31. The van der Waals surface area contributed by atoms with Crippen LogP contribution in [-0.2, 0) is 6.54 Å². The molecule has 0 aliphatic rings. The van der Waals surface area contributed by atoms with Crippen LogP contribution in [0.2, 0.25) is 0 Å². The van der Waals surface area contributed by atoms with E-state index in [9.17, 15) is 5.11 Å². The molecule has 0 unspecified atom stereocenters. The summed E-state index contributed by atoms with van der Waals surface area (Å²) in [6.07, 6.45) is 3.61. The average Bonchev–Trinajstić information content (AvgIpc) is 2.88. The Hall–Kier alpha value is -2.20. The van der Waals surface area contributed by atoms with Gasteiger partial charge in [0.15, 0.2) is 18.5 Å². The average molecular weight is 269 g/mol. The van der Waals surface area contributed by atoms with Gasteiger partial charge in [-0.2, -0.15) is 4.57 Å². The maximum atomic E-state index is 9.44. The SMILES string of the molecule is Oc1ccc[n+](Cc2csc(-c3ccccc3)n2)c1. The minimum Gasteiger partial charge on any atom is -0.503 e. The van der Waals surface area contributed by atoms with Gasteiger partial charge in [-0.15, -0.1) is 11.3 Å². The fourth-order valence-electron chi connectivity index (χ4n) is 1.89. The topological polar surface area (TPSA) is 37.0 Å². The zero-order chi connectivity index (χ0) is 13.1. The molecule has 0 saturated carbocycles. The second-order valence-electron chi connectivity index (χ2n) is 4.24. The summed E-state index contributed by atoms with van der Waals surface area (Å²) in [5.74, 6) is 0.265. The molecule has 2 heterocycles. The standard InChI is InChI=1S/C15H12N2OS/c18-14-7-4-8-17(10-14)9-13-11-19-15(16-13)12-5-2-1-3-6-12/h1-8,10-11H,9H2/p+1. The smallest absolute Gasteiger partial charge is 0.211 e. The molecule has 94 valence electrons. The van der Waals surface area contributed by atoms with E-state index in [0.717, 1.165) is 16.3 Å². The summed E-state index contributed by atoms with van der Waals surface area (Å²) in [7, 11) is 0. The third kappa shape index (κ3) is 2.80. The van der Waals surface area contributed by atoms with Crippen LogP contribution < -0.4 is 4.57 Å². The molecule has 0 aliphatic heterocycles. The summed E-state index contributed by atoms with van der Waals surface area (Å²) in [4.78, 5) is 4.62. The van der Waals surface area contributed by atoms with Gasteiger partial charge in [0.05, 0.1) is 0 Å². The van der Waals surface area contributed by atoms with Crippen LogP contribution >= 0.6 is 11.3 Å². The van der Waals surface area contributed by atoms with E-state index in [0.29, 0.717) is 6.54 Å². The first-order valence-electron chi connectivity index (χ1n) is 5.99. The molecular weight excluding hydrogens is 256 g/mol. The number of pyridine rings is 1. The number of benzene rings is 1. The van der Waals surface area contributed by atoms with Gasteiger partial charge in [-0.25, -0.2) is 4.98 Å². The summed E-state index contributed by atoms with van der Waals surface area (Å²) >= 11 is 1.64. The molecular formula is C15H13N2OS+. The van der Waals surface area contributed by atoms with Crippen LogP contribution in [0.1, 0.15) is 5.69 Å². The van der Waals surface area contributed by atoms with Gasteiger partial charge in [-0.3, -0.25) is 0 Å². The van der Waals surface area contributed by atoms with E-state index >= 15 is 0 Å². The molecule has 1 aromatic carbocycles. The van der Waals surface area contributed by atoms with E-state index in [1.54, 1.807) is 23.6 Å². The molecule has 0 atom stereocenters. The Morgan fingerprint density at radius 2 is 1.95 bits per heavy atom. The highest BCUT2D eigenvalue weighted by atomic mass is 32.1. The first-order valence-corrected chi connectivity index (χ1v) is 6.87. The Morgan fingerprint density at radius 3 is 2.74 bits per heavy atom. The van der Waals surface area contributed by atoms with Crippen molar-refractivity contribution in [2.75, 3.05) is 0 Å². The van der Waals surface area contributed by atoms with Gasteiger partial charge in [0, 0.05) is 17.0 Å². The van der Waals surface area contributed by atoms with Crippen molar-refractivity contribution >= 4 is 11.3 Å². The minimum atomic E-state index is 0.265. The van der Waals surface area contributed by atoms with Crippen molar-refractivity contribution in [3.63, 3.8) is 0 Å². The summed E-state index contributed by atoms with van der Waals surface area (Å²) in [5.41, 5.74) is 2.14. The summed E-state index contributed by atoms with van der Waals surface area (Å²) < 4.78 is 1.92. The summed E-state index contributed by atoms with van der Waals surface area (Å²) in [6, 6.07) is 13.6. The van der Waals surface area contributed by atoms with E-state index < -0.39 is 0 Å². The number of nitrogens with zero attached hydrogens (tertiary/aromatic N) is 2. The maximum absolute atomic E-state index is 9.44. The molecule has 4 heteroatoms. The molecule has 0 saturated heterocycles. The third-order valence-electron chi connectivity index (χ3n) is 2.76. The number of aromatic nitrogens is 2. The number of hydrogen-bond donors (Lipinski definition) is 1. The van der Waals surface area contributed by atoms with E-state index in [1.165, 1.54) is 0 Å². The number of thiazole rings is 1. The zero-order valence-electron chi connectivity index (χ0n) is 10.2. The molecule has 0 aliphatic carbocycles. The third-order valence-corrected chi connectivity index (χ3v) is 3.70. The molecule has 19 heavy (non-hydrogen) atoms. The van der Waals surface area contributed by atoms with Crippen molar-refractivity contribution in [3.05, 3.63) is 65.9 Å². The van der Waals surface area contributed by atoms with E-state index in [-0.39, 0.29) is 5.75 Å². The lowest BCUT2D eigenvalue weighted by Gasteiger charge is -1.95. The Balaban J connectivity index is 1.82. The van der Waals surface area contributed by atoms with Crippen LogP contribution in [0.3, 0.4) is 0 Å². The van der Waals surface area contributed by atoms with Crippen LogP contribution in [-0.4, -0.2) is 10.1 Å². The van der Waals surface area contributed by atoms with Crippen molar-refractivity contribution in [1.82, 2.24) is 4.98 Å². The van der Waals surface area contributed by atoms with E-state index in [2.05, 4.69) is 22.5 Å².